The Labute approximate surface area is 131 Å². The zero-order chi connectivity index (χ0) is 15.9. The molecule has 8 heteroatoms. The maximum Gasteiger partial charge on any atom is 0.316 e. The van der Waals surface area contributed by atoms with E-state index in [-0.39, 0.29) is 24.1 Å². The van der Waals surface area contributed by atoms with Crippen LogP contribution in [0.1, 0.15) is 12.7 Å². The third-order valence-electron chi connectivity index (χ3n) is 2.73. The van der Waals surface area contributed by atoms with Crippen LogP contribution in [0.4, 0.5) is 4.39 Å². The van der Waals surface area contributed by atoms with Crippen molar-refractivity contribution in [2.45, 2.75) is 18.7 Å². The Balaban J connectivity index is 1.90. The fourth-order valence-electron chi connectivity index (χ4n) is 1.60. The number of rotatable bonds is 7. The van der Waals surface area contributed by atoms with Crippen LogP contribution >= 0.6 is 11.8 Å². The van der Waals surface area contributed by atoms with E-state index >= 15 is 0 Å². The summed E-state index contributed by atoms with van der Waals surface area (Å²) in [7, 11) is 1.79. The minimum absolute atomic E-state index is 0.179. The highest BCUT2D eigenvalue weighted by atomic mass is 32.2. The molecule has 0 N–H and O–H groups in total. The molecule has 0 saturated heterocycles. The molecule has 0 saturated carbocycles. The number of thioether (sulfide) groups is 1. The Hall–Kier alpha value is -2.09. The molecule has 0 radical (unpaired) electrons. The van der Waals surface area contributed by atoms with Crippen LogP contribution in [0.5, 0.6) is 5.75 Å². The number of benzene rings is 1. The van der Waals surface area contributed by atoms with Crippen molar-refractivity contribution in [2.75, 3.05) is 12.4 Å². The highest BCUT2D eigenvalue weighted by Gasteiger charge is 2.12. The number of ether oxygens (including phenoxy) is 2. The third kappa shape index (κ3) is 4.45. The number of hydrogen-bond acceptors (Lipinski definition) is 6. The summed E-state index contributed by atoms with van der Waals surface area (Å²) in [6.07, 6.45) is 0. The highest BCUT2D eigenvalue weighted by molar-refractivity contribution is 7.99. The number of carbonyl (C=O) groups excluding carboxylic acids is 1. The molecule has 0 unspecified atom stereocenters. The normalized spacial score (nSPS) is 10.5. The Morgan fingerprint density at radius 1 is 1.32 bits per heavy atom. The van der Waals surface area contributed by atoms with Crippen LogP contribution in [0, 0.1) is 5.82 Å². The molecule has 0 fully saturated rings. The first-order valence-electron chi connectivity index (χ1n) is 6.65. The zero-order valence-electron chi connectivity index (χ0n) is 12.3. The summed E-state index contributed by atoms with van der Waals surface area (Å²) in [6, 6.07) is 5.74. The predicted molar refractivity (Wildman–Crippen MR) is 79.1 cm³/mol. The van der Waals surface area contributed by atoms with Crippen LogP contribution < -0.4 is 4.74 Å². The van der Waals surface area contributed by atoms with Gasteiger partial charge in [0.05, 0.1) is 12.4 Å². The molecule has 1 aromatic carbocycles. The Bertz CT molecular complexity index is 631. The molecule has 0 spiro atoms. The van der Waals surface area contributed by atoms with Gasteiger partial charge in [0.2, 0.25) is 0 Å². The van der Waals surface area contributed by atoms with Crippen molar-refractivity contribution in [1.82, 2.24) is 14.8 Å². The molecule has 0 aliphatic heterocycles. The van der Waals surface area contributed by atoms with E-state index in [4.69, 9.17) is 9.47 Å². The Kier molecular flexibility index (Phi) is 5.76. The maximum atomic E-state index is 12.8. The topological polar surface area (TPSA) is 66.2 Å². The van der Waals surface area contributed by atoms with Crippen LogP contribution in [0.3, 0.4) is 0 Å². The fraction of sp³-hybridized carbons (Fsp3) is 0.357. The molecule has 22 heavy (non-hydrogen) atoms. The van der Waals surface area contributed by atoms with E-state index in [9.17, 15) is 9.18 Å². The molecule has 0 aliphatic rings. The molecule has 0 aliphatic carbocycles. The van der Waals surface area contributed by atoms with E-state index in [1.807, 2.05) is 0 Å². The van der Waals surface area contributed by atoms with E-state index in [0.29, 0.717) is 23.3 Å². The molecule has 118 valence electrons. The lowest BCUT2D eigenvalue weighted by atomic mass is 10.3. The first-order valence-corrected chi connectivity index (χ1v) is 7.63. The average molecular weight is 325 g/mol. The number of nitrogens with zero attached hydrogens (tertiary/aromatic N) is 3. The van der Waals surface area contributed by atoms with Gasteiger partial charge in [0, 0.05) is 7.05 Å². The first-order chi connectivity index (χ1) is 10.6. The van der Waals surface area contributed by atoms with Crippen molar-refractivity contribution >= 4 is 17.7 Å². The van der Waals surface area contributed by atoms with Crippen molar-refractivity contribution in [3.8, 4) is 5.75 Å². The predicted octanol–water partition coefficient (Wildman–Crippen LogP) is 2.19. The van der Waals surface area contributed by atoms with E-state index in [1.54, 1.807) is 30.7 Å². The molecule has 2 rings (SSSR count). The summed E-state index contributed by atoms with van der Waals surface area (Å²) >= 11 is 1.25. The van der Waals surface area contributed by atoms with Crippen LogP contribution in [-0.2, 0) is 23.2 Å². The number of esters is 1. The summed E-state index contributed by atoms with van der Waals surface area (Å²) < 4.78 is 24.9. The van der Waals surface area contributed by atoms with Gasteiger partial charge >= 0.3 is 5.97 Å². The van der Waals surface area contributed by atoms with Gasteiger partial charge < -0.3 is 14.0 Å². The number of aromatic nitrogens is 3. The van der Waals surface area contributed by atoms with Gasteiger partial charge in [-0.2, -0.15) is 0 Å². The number of hydrogen-bond donors (Lipinski definition) is 0. The van der Waals surface area contributed by atoms with Crippen molar-refractivity contribution in [3.05, 3.63) is 35.9 Å². The van der Waals surface area contributed by atoms with Crippen LogP contribution in [0.15, 0.2) is 29.4 Å². The van der Waals surface area contributed by atoms with Crippen molar-refractivity contribution in [3.63, 3.8) is 0 Å². The van der Waals surface area contributed by atoms with E-state index < -0.39 is 0 Å². The molecular weight excluding hydrogens is 309 g/mol. The van der Waals surface area contributed by atoms with Gasteiger partial charge in [0.1, 0.15) is 18.2 Å². The molecular formula is C14H16FN3O3S. The molecule has 0 bridgehead atoms. The van der Waals surface area contributed by atoms with Gasteiger partial charge in [-0.05, 0) is 31.2 Å². The minimum atomic E-state index is -0.316. The Morgan fingerprint density at radius 3 is 2.73 bits per heavy atom. The van der Waals surface area contributed by atoms with Crippen LogP contribution in [0.2, 0.25) is 0 Å². The van der Waals surface area contributed by atoms with Gasteiger partial charge in [-0.1, -0.05) is 11.8 Å². The standard InChI is InChI=1S/C14H16FN3O3S/c1-3-20-13(19)9-22-14-17-16-12(18(14)2)8-21-11-6-4-10(15)5-7-11/h4-7H,3,8-9H2,1-2H3. The number of carbonyl (C=O) groups is 1. The number of halogens is 1. The summed E-state index contributed by atoms with van der Waals surface area (Å²) in [5.74, 6) is 0.725. The fourth-order valence-corrected chi connectivity index (χ4v) is 2.33. The summed E-state index contributed by atoms with van der Waals surface area (Å²) in [5.41, 5.74) is 0. The third-order valence-corrected chi connectivity index (χ3v) is 3.72. The molecule has 6 nitrogen and oxygen atoms in total. The Morgan fingerprint density at radius 2 is 2.05 bits per heavy atom. The summed E-state index contributed by atoms with van der Waals surface area (Å²) in [4.78, 5) is 11.3. The lowest BCUT2D eigenvalue weighted by Gasteiger charge is -2.06. The van der Waals surface area contributed by atoms with E-state index in [1.165, 1.54) is 23.9 Å². The molecule has 1 heterocycles. The quantitative estimate of drug-likeness (QED) is 0.574. The van der Waals surface area contributed by atoms with E-state index in [2.05, 4.69) is 10.2 Å². The second-order valence-corrected chi connectivity index (χ2v) is 5.24. The van der Waals surface area contributed by atoms with Crippen molar-refractivity contribution in [2.24, 2.45) is 7.05 Å². The molecule has 0 atom stereocenters. The van der Waals surface area contributed by atoms with Gasteiger partial charge in [-0.3, -0.25) is 4.79 Å². The van der Waals surface area contributed by atoms with Gasteiger partial charge in [0.25, 0.3) is 0 Å². The minimum Gasteiger partial charge on any atom is -0.486 e. The van der Waals surface area contributed by atoms with Crippen LogP contribution in [0.25, 0.3) is 0 Å². The maximum absolute atomic E-state index is 12.8. The average Bonchev–Trinajstić information content (AvgIpc) is 2.85. The summed E-state index contributed by atoms with van der Waals surface area (Å²) in [5, 5.41) is 8.62. The first kappa shape index (κ1) is 16.3. The van der Waals surface area contributed by atoms with Gasteiger partial charge in [0.15, 0.2) is 11.0 Å². The van der Waals surface area contributed by atoms with Gasteiger partial charge in [-0.25, -0.2) is 4.39 Å². The van der Waals surface area contributed by atoms with Crippen molar-refractivity contribution in [1.29, 1.82) is 0 Å². The molecule has 2 aromatic rings. The largest absolute Gasteiger partial charge is 0.486 e. The lowest BCUT2D eigenvalue weighted by molar-refractivity contribution is -0.139. The second-order valence-electron chi connectivity index (χ2n) is 4.29. The smallest absolute Gasteiger partial charge is 0.316 e. The lowest BCUT2D eigenvalue weighted by Crippen LogP contribution is -2.08. The second kappa shape index (κ2) is 7.79. The van der Waals surface area contributed by atoms with Crippen LogP contribution in [-0.4, -0.2) is 33.1 Å². The monoisotopic (exact) mass is 325 g/mol. The van der Waals surface area contributed by atoms with E-state index in [0.717, 1.165) is 0 Å². The zero-order valence-corrected chi connectivity index (χ0v) is 13.1. The van der Waals surface area contributed by atoms with Gasteiger partial charge in [-0.15, -0.1) is 10.2 Å². The van der Waals surface area contributed by atoms with Crippen molar-refractivity contribution < 1.29 is 18.7 Å². The highest BCUT2D eigenvalue weighted by Crippen LogP contribution is 2.17. The molecule has 0 amide bonds. The molecule has 1 aromatic heterocycles. The summed E-state index contributed by atoms with van der Waals surface area (Å²) in [6.45, 7) is 2.32. The SMILES string of the molecule is CCOC(=O)CSc1nnc(COc2ccc(F)cc2)n1C.